The lowest BCUT2D eigenvalue weighted by Gasteiger charge is -2.06. The van der Waals surface area contributed by atoms with Gasteiger partial charge >= 0.3 is 0 Å². The number of hydrogen-bond donors (Lipinski definition) is 1. The highest BCUT2D eigenvalue weighted by Crippen LogP contribution is 2.36. The first-order valence-electron chi connectivity index (χ1n) is 6.09. The van der Waals surface area contributed by atoms with E-state index >= 15 is 0 Å². The van der Waals surface area contributed by atoms with Gasteiger partial charge in [-0.05, 0) is 34.7 Å². The molecular weight excluding hydrogens is 224 g/mol. The number of aryl methyl sites for hydroxylation is 2. The Balaban J connectivity index is 2.09. The summed E-state index contributed by atoms with van der Waals surface area (Å²) in [5.41, 5.74) is 10.4. The fourth-order valence-corrected chi connectivity index (χ4v) is 2.89. The molecule has 1 aliphatic rings. The van der Waals surface area contributed by atoms with Gasteiger partial charge in [0, 0.05) is 11.6 Å². The van der Waals surface area contributed by atoms with Gasteiger partial charge < -0.3 is 10.3 Å². The van der Waals surface area contributed by atoms with Crippen molar-refractivity contribution in [2.75, 3.05) is 5.73 Å². The van der Waals surface area contributed by atoms with Gasteiger partial charge in [-0.3, -0.25) is 0 Å². The quantitative estimate of drug-likeness (QED) is 0.706. The van der Waals surface area contributed by atoms with E-state index in [0.29, 0.717) is 5.88 Å². The van der Waals surface area contributed by atoms with Gasteiger partial charge in [0.1, 0.15) is 5.69 Å². The van der Waals surface area contributed by atoms with Crippen molar-refractivity contribution in [3.05, 3.63) is 47.5 Å². The van der Waals surface area contributed by atoms with Gasteiger partial charge in [0.05, 0.1) is 0 Å². The number of hydrogen-bond acceptors (Lipinski definition) is 3. The van der Waals surface area contributed by atoms with Gasteiger partial charge in [0.25, 0.3) is 0 Å². The Hall–Kier alpha value is -2.29. The molecule has 0 amide bonds. The van der Waals surface area contributed by atoms with E-state index in [2.05, 4.69) is 35.5 Å². The van der Waals surface area contributed by atoms with E-state index in [4.69, 9.17) is 10.3 Å². The molecule has 88 valence electrons. The minimum atomic E-state index is 0.355. The van der Waals surface area contributed by atoms with Crippen molar-refractivity contribution in [3.8, 4) is 11.3 Å². The lowest BCUT2D eigenvalue weighted by atomic mass is 9.98. The second-order valence-electron chi connectivity index (χ2n) is 4.73. The zero-order chi connectivity index (χ0) is 12.1. The largest absolute Gasteiger partial charge is 0.368 e. The zero-order valence-electron chi connectivity index (χ0n) is 9.81. The summed E-state index contributed by atoms with van der Waals surface area (Å²) in [6.07, 6.45) is 2.27. The van der Waals surface area contributed by atoms with Crippen molar-refractivity contribution in [1.82, 2.24) is 5.16 Å². The van der Waals surface area contributed by atoms with E-state index < -0.39 is 0 Å². The van der Waals surface area contributed by atoms with E-state index in [9.17, 15) is 0 Å². The molecule has 0 saturated carbocycles. The van der Waals surface area contributed by atoms with Crippen LogP contribution in [0.4, 0.5) is 5.88 Å². The number of nitrogens with zero attached hydrogens (tertiary/aromatic N) is 1. The van der Waals surface area contributed by atoms with Crippen LogP contribution in [0, 0.1) is 0 Å². The SMILES string of the molecule is Nc1cc(-c2ccc3c4c(cccc24)CC3)no1. The van der Waals surface area contributed by atoms with E-state index in [-0.39, 0.29) is 0 Å². The number of nitrogen functional groups attached to an aromatic ring is 1. The highest BCUT2D eigenvalue weighted by molar-refractivity contribution is 6.00. The van der Waals surface area contributed by atoms with Crippen LogP contribution in [0.3, 0.4) is 0 Å². The molecule has 0 saturated heterocycles. The maximum atomic E-state index is 5.60. The summed E-state index contributed by atoms with van der Waals surface area (Å²) in [7, 11) is 0. The normalized spacial score (nSPS) is 13.3. The molecule has 0 atom stereocenters. The van der Waals surface area contributed by atoms with E-state index in [1.54, 1.807) is 6.07 Å². The molecule has 3 aromatic rings. The average molecular weight is 236 g/mol. The number of rotatable bonds is 1. The molecule has 2 aromatic carbocycles. The topological polar surface area (TPSA) is 52.0 Å². The Morgan fingerprint density at radius 3 is 2.67 bits per heavy atom. The van der Waals surface area contributed by atoms with Gasteiger partial charge in [0.2, 0.25) is 5.88 Å². The number of benzene rings is 2. The molecule has 0 unspecified atom stereocenters. The number of nitrogens with two attached hydrogens (primary N) is 1. The van der Waals surface area contributed by atoms with Gasteiger partial charge in [-0.2, -0.15) is 0 Å². The monoisotopic (exact) mass is 236 g/mol. The van der Waals surface area contributed by atoms with Crippen LogP contribution in [0.5, 0.6) is 0 Å². The number of anilines is 1. The van der Waals surface area contributed by atoms with Gasteiger partial charge in [0.15, 0.2) is 0 Å². The third kappa shape index (κ3) is 1.21. The third-order valence-electron chi connectivity index (χ3n) is 3.68. The van der Waals surface area contributed by atoms with Crippen molar-refractivity contribution in [1.29, 1.82) is 0 Å². The summed E-state index contributed by atoms with van der Waals surface area (Å²) in [6.45, 7) is 0. The van der Waals surface area contributed by atoms with Crippen molar-refractivity contribution in [2.45, 2.75) is 12.8 Å². The fourth-order valence-electron chi connectivity index (χ4n) is 2.89. The highest BCUT2D eigenvalue weighted by Gasteiger charge is 2.17. The van der Waals surface area contributed by atoms with Gasteiger partial charge in [-0.25, -0.2) is 0 Å². The molecule has 1 aliphatic carbocycles. The molecule has 1 heterocycles. The Morgan fingerprint density at radius 2 is 1.89 bits per heavy atom. The minimum absolute atomic E-state index is 0.355. The van der Waals surface area contributed by atoms with Crippen LogP contribution >= 0.6 is 0 Å². The van der Waals surface area contributed by atoms with Crippen molar-refractivity contribution >= 4 is 16.7 Å². The van der Waals surface area contributed by atoms with Crippen LogP contribution in [-0.4, -0.2) is 5.16 Å². The smallest absolute Gasteiger partial charge is 0.222 e. The molecule has 3 heteroatoms. The first-order chi connectivity index (χ1) is 8.83. The molecule has 0 fully saturated rings. The molecule has 18 heavy (non-hydrogen) atoms. The Morgan fingerprint density at radius 1 is 1.06 bits per heavy atom. The summed E-state index contributed by atoms with van der Waals surface area (Å²) in [5.74, 6) is 0.355. The van der Waals surface area contributed by atoms with Crippen LogP contribution in [0.25, 0.3) is 22.0 Å². The Bertz CT molecular complexity index is 748. The van der Waals surface area contributed by atoms with E-state index in [1.165, 1.54) is 21.9 Å². The molecule has 0 aliphatic heterocycles. The lowest BCUT2D eigenvalue weighted by Crippen LogP contribution is -1.84. The van der Waals surface area contributed by atoms with Crippen LogP contribution < -0.4 is 5.73 Å². The predicted octanol–water partition coefficient (Wildman–Crippen LogP) is 3.18. The standard InChI is InChI=1S/C15H12N2O/c16-14-8-13(17-18-14)11-7-6-10-5-4-9-2-1-3-12(11)15(9)10/h1-3,6-8H,4-5,16H2. The maximum absolute atomic E-state index is 5.60. The van der Waals surface area contributed by atoms with Crippen LogP contribution in [0.15, 0.2) is 40.9 Å². The molecule has 4 rings (SSSR count). The van der Waals surface area contributed by atoms with E-state index in [0.717, 1.165) is 24.1 Å². The molecule has 1 aromatic heterocycles. The molecule has 0 bridgehead atoms. The van der Waals surface area contributed by atoms with Crippen LogP contribution in [0.1, 0.15) is 11.1 Å². The lowest BCUT2D eigenvalue weighted by molar-refractivity contribution is 0.439. The zero-order valence-corrected chi connectivity index (χ0v) is 9.81. The molecule has 0 spiro atoms. The second-order valence-corrected chi connectivity index (χ2v) is 4.73. The molecular formula is C15H12N2O. The molecule has 0 radical (unpaired) electrons. The molecule has 3 nitrogen and oxygen atoms in total. The first-order valence-corrected chi connectivity index (χ1v) is 6.09. The summed E-state index contributed by atoms with van der Waals surface area (Å²) >= 11 is 0. The van der Waals surface area contributed by atoms with E-state index in [1.807, 2.05) is 0 Å². The molecule has 2 N–H and O–H groups in total. The van der Waals surface area contributed by atoms with Crippen LogP contribution in [-0.2, 0) is 12.8 Å². The first kappa shape index (κ1) is 9.71. The van der Waals surface area contributed by atoms with Crippen LogP contribution in [0.2, 0.25) is 0 Å². The minimum Gasteiger partial charge on any atom is -0.368 e. The summed E-state index contributed by atoms with van der Waals surface area (Å²) < 4.78 is 4.97. The second kappa shape index (κ2) is 3.35. The third-order valence-corrected chi connectivity index (χ3v) is 3.68. The Labute approximate surface area is 104 Å². The fraction of sp³-hybridized carbons (Fsp3) is 0.133. The maximum Gasteiger partial charge on any atom is 0.222 e. The summed E-state index contributed by atoms with van der Waals surface area (Å²) in [4.78, 5) is 0. The summed E-state index contributed by atoms with van der Waals surface area (Å²) in [6, 6.07) is 12.6. The number of aromatic nitrogens is 1. The Kier molecular flexibility index (Phi) is 1.81. The average Bonchev–Trinajstić information content (AvgIpc) is 2.99. The summed E-state index contributed by atoms with van der Waals surface area (Å²) in [5, 5.41) is 6.65. The van der Waals surface area contributed by atoms with Gasteiger partial charge in [-0.1, -0.05) is 35.5 Å². The van der Waals surface area contributed by atoms with Crippen molar-refractivity contribution < 1.29 is 4.52 Å². The van der Waals surface area contributed by atoms with Crippen molar-refractivity contribution in [2.24, 2.45) is 0 Å². The van der Waals surface area contributed by atoms with Gasteiger partial charge in [-0.15, -0.1) is 0 Å². The van der Waals surface area contributed by atoms with Crippen molar-refractivity contribution in [3.63, 3.8) is 0 Å². The predicted molar refractivity (Wildman–Crippen MR) is 71.3 cm³/mol. The highest BCUT2D eigenvalue weighted by atomic mass is 16.5.